The molecule has 5 nitrogen and oxygen atoms in total. The summed E-state index contributed by atoms with van der Waals surface area (Å²) in [6.45, 7) is 0.349. The van der Waals surface area contributed by atoms with Gasteiger partial charge in [-0.05, 0) is 36.2 Å². The molecule has 2 aromatic carbocycles. The molecule has 0 aliphatic carbocycles. The van der Waals surface area contributed by atoms with Gasteiger partial charge in [0.2, 0.25) is 0 Å². The van der Waals surface area contributed by atoms with Crippen LogP contribution in [0.4, 0.5) is 19.3 Å². The molecule has 0 aliphatic rings. The van der Waals surface area contributed by atoms with Crippen LogP contribution in [0.15, 0.2) is 42.6 Å². The van der Waals surface area contributed by atoms with Gasteiger partial charge in [-0.25, -0.2) is 13.6 Å². The van der Waals surface area contributed by atoms with Gasteiger partial charge in [0.1, 0.15) is 17.4 Å². The van der Waals surface area contributed by atoms with Crippen molar-refractivity contribution in [1.82, 2.24) is 10.3 Å². The number of fused-ring (bicyclic) bond motifs is 1. The average molecular weight is 345 g/mol. The number of carbonyl (C=O) groups excluding carboxylic acids is 1. The summed E-state index contributed by atoms with van der Waals surface area (Å²) in [7, 11) is 1.42. The van der Waals surface area contributed by atoms with Crippen LogP contribution < -0.4 is 15.4 Å². The predicted molar refractivity (Wildman–Crippen MR) is 91.9 cm³/mol. The molecule has 2 amide bonds. The molecule has 0 radical (unpaired) electrons. The first-order chi connectivity index (χ1) is 12.0. The molecular formula is C18H17F2N3O2. The van der Waals surface area contributed by atoms with E-state index in [0.29, 0.717) is 24.4 Å². The van der Waals surface area contributed by atoms with E-state index in [1.165, 1.54) is 37.4 Å². The SMILES string of the molecule is COc1cc(F)cc(NC(=O)NCCc2c[nH]c3ccc(F)cc23)c1. The largest absolute Gasteiger partial charge is 0.497 e. The smallest absolute Gasteiger partial charge is 0.319 e. The summed E-state index contributed by atoms with van der Waals surface area (Å²) >= 11 is 0. The minimum Gasteiger partial charge on any atom is -0.497 e. The Morgan fingerprint density at radius 3 is 2.80 bits per heavy atom. The Bertz CT molecular complexity index is 908. The third-order valence-electron chi connectivity index (χ3n) is 3.77. The third-order valence-corrected chi connectivity index (χ3v) is 3.77. The lowest BCUT2D eigenvalue weighted by Crippen LogP contribution is -2.30. The minimum absolute atomic E-state index is 0.295. The second-order valence-electron chi connectivity index (χ2n) is 5.51. The molecule has 0 saturated heterocycles. The van der Waals surface area contributed by atoms with Crippen molar-refractivity contribution in [2.75, 3.05) is 19.0 Å². The Labute approximate surface area is 143 Å². The second kappa shape index (κ2) is 7.21. The average Bonchev–Trinajstić information content (AvgIpc) is 2.96. The molecule has 25 heavy (non-hydrogen) atoms. The maximum atomic E-state index is 13.4. The van der Waals surface area contributed by atoms with Crippen LogP contribution in [-0.2, 0) is 6.42 Å². The molecule has 0 aliphatic heterocycles. The molecule has 0 saturated carbocycles. The first-order valence-corrected chi connectivity index (χ1v) is 7.70. The number of hydrogen-bond acceptors (Lipinski definition) is 2. The van der Waals surface area contributed by atoms with E-state index in [1.807, 2.05) is 0 Å². The standard InChI is InChI=1S/C18H17F2N3O2/c1-25-15-7-13(20)6-14(9-15)23-18(24)21-5-4-11-10-22-17-3-2-12(19)8-16(11)17/h2-3,6-10,22H,4-5H2,1H3,(H2,21,23,24). The van der Waals surface area contributed by atoms with Crippen molar-refractivity contribution in [3.8, 4) is 5.75 Å². The number of rotatable bonds is 5. The molecule has 1 aromatic heterocycles. The molecule has 0 atom stereocenters. The maximum Gasteiger partial charge on any atom is 0.319 e. The van der Waals surface area contributed by atoms with E-state index in [-0.39, 0.29) is 5.82 Å². The van der Waals surface area contributed by atoms with Gasteiger partial charge in [0.05, 0.1) is 7.11 Å². The molecule has 7 heteroatoms. The first kappa shape index (κ1) is 16.8. The van der Waals surface area contributed by atoms with Gasteiger partial charge in [-0.2, -0.15) is 0 Å². The predicted octanol–water partition coefficient (Wildman–Crippen LogP) is 3.82. The number of carbonyl (C=O) groups is 1. The van der Waals surface area contributed by atoms with Crippen LogP contribution in [0.25, 0.3) is 10.9 Å². The van der Waals surface area contributed by atoms with Crippen molar-refractivity contribution < 1.29 is 18.3 Å². The number of methoxy groups -OCH3 is 1. The third kappa shape index (κ3) is 4.06. The summed E-state index contributed by atoms with van der Waals surface area (Å²) in [5.74, 6) is -0.495. The number of aromatic amines is 1. The van der Waals surface area contributed by atoms with Crippen LogP contribution in [0, 0.1) is 11.6 Å². The molecule has 0 bridgehead atoms. The second-order valence-corrected chi connectivity index (χ2v) is 5.51. The number of nitrogens with one attached hydrogen (secondary N) is 3. The number of anilines is 1. The van der Waals surface area contributed by atoms with Crippen molar-refractivity contribution in [2.24, 2.45) is 0 Å². The molecule has 0 fully saturated rings. The topological polar surface area (TPSA) is 66.2 Å². The fraction of sp³-hybridized carbons (Fsp3) is 0.167. The summed E-state index contributed by atoms with van der Waals surface area (Å²) in [6.07, 6.45) is 2.32. The summed E-state index contributed by atoms with van der Waals surface area (Å²) in [5, 5.41) is 6.02. The number of halogens is 2. The summed E-state index contributed by atoms with van der Waals surface area (Å²) in [6, 6.07) is 8.00. The van der Waals surface area contributed by atoms with E-state index in [1.54, 1.807) is 12.3 Å². The lowest BCUT2D eigenvalue weighted by Gasteiger charge is -2.09. The zero-order valence-corrected chi connectivity index (χ0v) is 13.5. The molecule has 3 rings (SSSR count). The van der Waals surface area contributed by atoms with Crippen molar-refractivity contribution in [3.63, 3.8) is 0 Å². The summed E-state index contributed by atoms with van der Waals surface area (Å²) in [5.41, 5.74) is 2.04. The van der Waals surface area contributed by atoms with Gasteiger partial charge in [-0.1, -0.05) is 0 Å². The zero-order valence-electron chi connectivity index (χ0n) is 13.5. The highest BCUT2D eigenvalue weighted by molar-refractivity contribution is 5.89. The van der Waals surface area contributed by atoms with Gasteiger partial charge in [-0.3, -0.25) is 0 Å². The molecular weight excluding hydrogens is 328 g/mol. The molecule has 0 spiro atoms. The number of H-pyrrole nitrogens is 1. The van der Waals surface area contributed by atoms with Crippen molar-refractivity contribution in [1.29, 1.82) is 0 Å². The number of benzene rings is 2. The summed E-state index contributed by atoms with van der Waals surface area (Å²) in [4.78, 5) is 15.0. The fourth-order valence-electron chi connectivity index (χ4n) is 2.60. The van der Waals surface area contributed by atoms with Crippen LogP contribution in [0.5, 0.6) is 5.75 Å². The molecule has 1 heterocycles. The van der Waals surface area contributed by atoms with E-state index >= 15 is 0 Å². The maximum absolute atomic E-state index is 13.4. The lowest BCUT2D eigenvalue weighted by atomic mass is 10.1. The van der Waals surface area contributed by atoms with Crippen molar-refractivity contribution >= 4 is 22.6 Å². The lowest BCUT2D eigenvalue weighted by molar-refractivity contribution is 0.252. The minimum atomic E-state index is -0.504. The monoisotopic (exact) mass is 345 g/mol. The van der Waals surface area contributed by atoms with Crippen molar-refractivity contribution in [2.45, 2.75) is 6.42 Å². The van der Waals surface area contributed by atoms with Crippen LogP contribution in [0.2, 0.25) is 0 Å². The highest BCUT2D eigenvalue weighted by Gasteiger charge is 2.07. The van der Waals surface area contributed by atoms with Crippen molar-refractivity contribution in [3.05, 3.63) is 59.8 Å². The van der Waals surface area contributed by atoms with Gasteiger partial charge < -0.3 is 20.4 Å². The van der Waals surface area contributed by atoms with E-state index in [2.05, 4.69) is 15.6 Å². The van der Waals surface area contributed by atoms with E-state index in [9.17, 15) is 13.6 Å². The normalized spacial score (nSPS) is 10.7. The first-order valence-electron chi connectivity index (χ1n) is 7.70. The Morgan fingerprint density at radius 2 is 2.00 bits per heavy atom. The van der Waals surface area contributed by atoms with Gasteiger partial charge in [-0.15, -0.1) is 0 Å². The highest BCUT2D eigenvalue weighted by Crippen LogP contribution is 2.20. The van der Waals surface area contributed by atoms with E-state index in [4.69, 9.17) is 4.74 Å². The van der Waals surface area contributed by atoms with Crippen LogP contribution in [0.3, 0.4) is 0 Å². The fourth-order valence-corrected chi connectivity index (χ4v) is 2.60. The molecule has 130 valence electrons. The van der Waals surface area contributed by atoms with Gasteiger partial charge in [0.25, 0.3) is 0 Å². The summed E-state index contributed by atoms with van der Waals surface area (Å²) < 4.78 is 31.7. The van der Waals surface area contributed by atoms with E-state index in [0.717, 1.165) is 16.5 Å². The molecule has 3 N–H and O–H groups in total. The number of aromatic nitrogens is 1. The van der Waals surface area contributed by atoms with Crippen LogP contribution >= 0.6 is 0 Å². The van der Waals surface area contributed by atoms with Crippen LogP contribution in [-0.4, -0.2) is 24.7 Å². The van der Waals surface area contributed by atoms with Crippen LogP contribution in [0.1, 0.15) is 5.56 Å². The Balaban J connectivity index is 1.57. The Morgan fingerprint density at radius 1 is 1.16 bits per heavy atom. The van der Waals surface area contributed by atoms with Gasteiger partial charge in [0.15, 0.2) is 0 Å². The Kier molecular flexibility index (Phi) is 4.83. The molecule has 3 aromatic rings. The number of ether oxygens (including phenoxy) is 1. The quantitative estimate of drug-likeness (QED) is 0.658. The molecule has 0 unspecified atom stereocenters. The number of amides is 2. The van der Waals surface area contributed by atoms with E-state index < -0.39 is 11.8 Å². The van der Waals surface area contributed by atoms with Gasteiger partial charge in [0, 0.05) is 41.5 Å². The number of hydrogen-bond donors (Lipinski definition) is 3. The Hall–Kier alpha value is -3.09. The highest BCUT2D eigenvalue weighted by atomic mass is 19.1. The number of urea groups is 1. The zero-order chi connectivity index (χ0) is 17.8. The van der Waals surface area contributed by atoms with Gasteiger partial charge >= 0.3 is 6.03 Å².